The standard InChI is InChI=1S/C23H30N4O3S/c1-4-6-19(26-16(3)28)23(30)27-12-5-7-20(27)22(29)24-13-17-8-10-18(11-9-17)21-15(2)25-14-31-21/h8-11,14,19-20H,4-7,12-13H2,1-3H3,(H,24,29)(H,26,28). The normalized spacial score (nSPS) is 16.7. The van der Waals surface area contributed by atoms with Crippen molar-refractivity contribution in [3.05, 3.63) is 41.0 Å². The second kappa shape index (κ2) is 10.5. The maximum Gasteiger partial charge on any atom is 0.245 e. The van der Waals surface area contributed by atoms with Crippen LogP contribution < -0.4 is 10.6 Å². The first-order valence-electron chi connectivity index (χ1n) is 10.8. The van der Waals surface area contributed by atoms with Crippen LogP contribution in [-0.2, 0) is 20.9 Å². The van der Waals surface area contributed by atoms with Gasteiger partial charge in [0.15, 0.2) is 0 Å². The highest BCUT2D eigenvalue weighted by Gasteiger charge is 2.37. The summed E-state index contributed by atoms with van der Waals surface area (Å²) >= 11 is 1.61. The van der Waals surface area contributed by atoms with Crippen LogP contribution in [0, 0.1) is 6.92 Å². The van der Waals surface area contributed by atoms with Gasteiger partial charge in [-0.05, 0) is 37.3 Å². The third-order valence-electron chi connectivity index (χ3n) is 5.52. The van der Waals surface area contributed by atoms with Crippen LogP contribution in [0.2, 0.25) is 0 Å². The van der Waals surface area contributed by atoms with Crippen molar-refractivity contribution in [2.75, 3.05) is 6.54 Å². The lowest BCUT2D eigenvalue weighted by Gasteiger charge is -2.28. The van der Waals surface area contributed by atoms with Crippen LogP contribution in [0.15, 0.2) is 29.8 Å². The van der Waals surface area contributed by atoms with E-state index in [1.165, 1.54) is 6.92 Å². The van der Waals surface area contributed by atoms with Gasteiger partial charge in [0.25, 0.3) is 0 Å². The Bertz CT molecular complexity index is 925. The van der Waals surface area contributed by atoms with Gasteiger partial charge in [-0.2, -0.15) is 0 Å². The van der Waals surface area contributed by atoms with Crippen LogP contribution in [-0.4, -0.2) is 46.2 Å². The average Bonchev–Trinajstić information content (AvgIpc) is 3.40. The van der Waals surface area contributed by atoms with E-state index in [0.717, 1.165) is 34.5 Å². The zero-order chi connectivity index (χ0) is 22.4. The number of rotatable bonds is 8. The summed E-state index contributed by atoms with van der Waals surface area (Å²) in [6.45, 7) is 6.32. The molecule has 166 valence electrons. The molecule has 1 aromatic carbocycles. The molecule has 3 rings (SSSR count). The number of likely N-dealkylation sites (tertiary alicyclic amines) is 1. The summed E-state index contributed by atoms with van der Waals surface area (Å²) in [6.07, 6.45) is 2.76. The highest BCUT2D eigenvalue weighted by molar-refractivity contribution is 7.13. The Morgan fingerprint density at radius 3 is 2.61 bits per heavy atom. The Kier molecular flexibility index (Phi) is 7.79. The number of aromatic nitrogens is 1. The van der Waals surface area contributed by atoms with E-state index in [1.54, 1.807) is 16.2 Å². The van der Waals surface area contributed by atoms with E-state index in [1.807, 2.05) is 43.6 Å². The number of nitrogens with zero attached hydrogens (tertiary/aromatic N) is 2. The van der Waals surface area contributed by atoms with Crippen LogP contribution in [0.1, 0.15) is 50.8 Å². The van der Waals surface area contributed by atoms with Crippen molar-refractivity contribution in [2.45, 2.75) is 65.1 Å². The fraction of sp³-hybridized carbons (Fsp3) is 0.478. The van der Waals surface area contributed by atoms with Crippen molar-refractivity contribution in [3.8, 4) is 10.4 Å². The summed E-state index contributed by atoms with van der Waals surface area (Å²) in [6, 6.07) is 7.02. The monoisotopic (exact) mass is 442 g/mol. The van der Waals surface area contributed by atoms with E-state index in [4.69, 9.17) is 0 Å². The van der Waals surface area contributed by atoms with E-state index in [9.17, 15) is 14.4 Å². The van der Waals surface area contributed by atoms with Crippen molar-refractivity contribution in [3.63, 3.8) is 0 Å². The number of hydrogen-bond acceptors (Lipinski definition) is 5. The number of aryl methyl sites for hydroxylation is 1. The number of amides is 3. The maximum absolute atomic E-state index is 13.0. The van der Waals surface area contributed by atoms with E-state index < -0.39 is 12.1 Å². The molecule has 7 nitrogen and oxygen atoms in total. The van der Waals surface area contributed by atoms with Crippen LogP contribution in [0.4, 0.5) is 0 Å². The fourth-order valence-corrected chi connectivity index (χ4v) is 4.77. The largest absolute Gasteiger partial charge is 0.350 e. The lowest BCUT2D eigenvalue weighted by molar-refractivity contribution is -0.141. The van der Waals surface area contributed by atoms with Gasteiger partial charge in [-0.1, -0.05) is 37.6 Å². The summed E-state index contributed by atoms with van der Waals surface area (Å²) in [7, 11) is 0. The minimum atomic E-state index is -0.571. The van der Waals surface area contributed by atoms with Gasteiger partial charge in [-0.3, -0.25) is 14.4 Å². The van der Waals surface area contributed by atoms with Crippen molar-refractivity contribution >= 4 is 29.1 Å². The Morgan fingerprint density at radius 2 is 2.00 bits per heavy atom. The molecule has 0 saturated carbocycles. The first kappa shape index (κ1) is 22.9. The first-order valence-corrected chi connectivity index (χ1v) is 11.6. The molecule has 2 heterocycles. The van der Waals surface area contributed by atoms with E-state index >= 15 is 0 Å². The second-order valence-electron chi connectivity index (χ2n) is 7.91. The molecule has 1 fully saturated rings. The van der Waals surface area contributed by atoms with Gasteiger partial charge in [-0.15, -0.1) is 11.3 Å². The Labute approximate surface area is 187 Å². The molecule has 2 atom stereocenters. The van der Waals surface area contributed by atoms with Gasteiger partial charge >= 0.3 is 0 Å². The van der Waals surface area contributed by atoms with Crippen molar-refractivity contribution < 1.29 is 14.4 Å². The molecule has 2 N–H and O–H groups in total. The zero-order valence-corrected chi connectivity index (χ0v) is 19.1. The van der Waals surface area contributed by atoms with Crippen molar-refractivity contribution in [1.29, 1.82) is 0 Å². The van der Waals surface area contributed by atoms with Crippen LogP contribution in [0.25, 0.3) is 10.4 Å². The Morgan fingerprint density at radius 1 is 1.26 bits per heavy atom. The van der Waals surface area contributed by atoms with Crippen molar-refractivity contribution in [2.24, 2.45) is 0 Å². The number of thiazole rings is 1. The van der Waals surface area contributed by atoms with Crippen LogP contribution in [0.5, 0.6) is 0 Å². The molecule has 8 heteroatoms. The summed E-state index contributed by atoms with van der Waals surface area (Å²) < 4.78 is 0. The lowest BCUT2D eigenvalue weighted by Crippen LogP contribution is -2.53. The second-order valence-corrected chi connectivity index (χ2v) is 8.77. The number of hydrogen-bond donors (Lipinski definition) is 2. The quantitative estimate of drug-likeness (QED) is 0.657. The van der Waals surface area contributed by atoms with E-state index in [-0.39, 0.29) is 17.7 Å². The minimum absolute atomic E-state index is 0.147. The van der Waals surface area contributed by atoms with Crippen LogP contribution in [0.3, 0.4) is 0 Å². The Balaban J connectivity index is 1.59. The van der Waals surface area contributed by atoms with Crippen molar-refractivity contribution in [1.82, 2.24) is 20.5 Å². The third kappa shape index (κ3) is 5.70. The van der Waals surface area contributed by atoms with Gasteiger partial charge in [0.05, 0.1) is 16.1 Å². The molecule has 2 unspecified atom stereocenters. The van der Waals surface area contributed by atoms with E-state index in [2.05, 4.69) is 15.6 Å². The average molecular weight is 443 g/mol. The summed E-state index contributed by atoms with van der Waals surface area (Å²) in [5.74, 6) is -0.547. The molecule has 31 heavy (non-hydrogen) atoms. The predicted octanol–water partition coefficient (Wildman–Crippen LogP) is 3.03. The molecule has 1 aliphatic heterocycles. The predicted molar refractivity (Wildman–Crippen MR) is 121 cm³/mol. The molecule has 0 aliphatic carbocycles. The number of carbonyl (C=O) groups excluding carboxylic acids is 3. The van der Waals surface area contributed by atoms with E-state index in [0.29, 0.717) is 25.9 Å². The molecule has 1 aromatic heterocycles. The van der Waals surface area contributed by atoms with Gasteiger partial charge in [0.1, 0.15) is 12.1 Å². The van der Waals surface area contributed by atoms with Crippen LogP contribution >= 0.6 is 11.3 Å². The summed E-state index contributed by atoms with van der Waals surface area (Å²) in [5.41, 5.74) is 4.96. The molecule has 1 aliphatic rings. The smallest absolute Gasteiger partial charge is 0.245 e. The molecule has 0 bridgehead atoms. The highest BCUT2D eigenvalue weighted by Crippen LogP contribution is 2.27. The molecule has 0 spiro atoms. The highest BCUT2D eigenvalue weighted by atomic mass is 32.1. The molecular formula is C23H30N4O3S. The van der Waals surface area contributed by atoms with Gasteiger partial charge in [0.2, 0.25) is 17.7 Å². The summed E-state index contributed by atoms with van der Waals surface area (Å²) in [5, 5.41) is 5.70. The van der Waals surface area contributed by atoms with Gasteiger partial charge in [0, 0.05) is 20.0 Å². The lowest BCUT2D eigenvalue weighted by atomic mass is 10.1. The maximum atomic E-state index is 13.0. The first-order chi connectivity index (χ1) is 14.9. The zero-order valence-electron chi connectivity index (χ0n) is 18.3. The van der Waals surface area contributed by atoms with Gasteiger partial charge in [-0.25, -0.2) is 4.98 Å². The molecule has 2 aromatic rings. The number of benzene rings is 1. The third-order valence-corrected chi connectivity index (χ3v) is 6.50. The molecule has 1 saturated heterocycles. The summed E-state index contributed by atoms with van der Waals surface area (Å²) in [4.78, 5) is 44.3. The molecule has 0 radical (unpaired) electrons. The minimum Gasteiger partial charge on any atom is -0.350 e. The SMILES string of the molecule is CCCC(NC(C)=O)C(=O)N1CCCC1C(=O)NCc1ccc(-c2scnc2C)cc1. The molecular weight excluding hydrogens is 412 g/mol. The number of nitrogens with one attached hydrogen (secondary N) is 2. The molecule has 3 amide bonds. The van der Waals surface area contributed by atoms with Gasteiger partial charge < -0.3 is 15.5 Å². The number of carbonyl (C=O) groups is 3. The fourth-order valence-electron chi connectivity index (χ4n) is 3.95. The topological polar surface area (TPSA) is 91.4 Å². The Hall–Kier alpha value is -2.74.